The lowest BCUT2D eigenvalue weighted by atomic mass is 10.2. The molecule has 132 valence electrons. The monoisotopic (exact) mass is 381 g/mol. The fraction of sp³-hybridized carbons (Fsp3) is 0.167. The molecular weight excluding hydrogens is 365 g/mol. The van der Waals surface area contributed by atoms with Crippen molar-refractivity contribution in [1.82, 2.24) is 0 Å². The second-order valence-corrected chi connectivity index (χ2v) is 5.72. The Morgan fingerprint density at radius 2 is 1.68 bits per heavy atom. The van der Waals surface area contributed by atoms with E-state index in [1.807, 2.05) is 0 Å². The zero-order valence-corrected chi connectivity index (χ0v) is 15.4. The Kier molecular flexibility index (Phi) is 6.56. The molecular formula is C18H17Cl2NO4. The standard InChI is InChI=1S/C18H17Cl2NO4/c1-23-15-6-5-12(10-13(15)19)21-17(22)7-4-11-8-14(20)18(25-3)16(9-11)24-2/h4-10H,1-3H3,(H,21,22). The Bertz CT molecular complexity index is 806. The molecule has 0 radical (unpaired) electrons. The minimum atomic E-state index is -0.313. The van der Waals surface area contributed by atoms with Gasteiger partial charge in [0.05, 0.1) is 31.4 Å². The number of halogens is 2. The van der Waals surface area contributed by atoms with Gasteiger partial charge in [-0.25, -0.2) is 0 Å². The van der Waals surface area contributed by atoms with Gasteiger partial charge in [-0.1, -0.05) is 23.2 Å². The lowest BCUT2D eigenvalue weighted by Gasteiger charge is -2.10. The van der Waals surface area contributed by atoms with Crippen LogP contribution in [0.2, 0.25) is 10.0 Å². The summed E-state index contributed by atoms with van der Waals surface area (Å²) < 4.78 is 15.5. The molecule has 2 aromatic rings. The summed E-state index contributed by atoms with van der Waals surface area (Å²) in [5.74, 6) is 1.15. The Balaban J connectivity index is 2.12. The Labute approximate surface area is 156 Å². The molecule has 0 atom stereocenters. The fourth-order valence-electron chi connectivity index (χ4n) is 2.13. The summed E-state index contributed by atoms with van der Waals surface area (Å²) >= 11 is 12.2. The fourth-order valence-corrected chi connectivity index (χ4v) is 2.69. The van der Waals surface area contributed by atoms with Gasteiger partial charge in [0, 0.05) is 11.8 Å². The average Bonchev–Trinajstić information content (AvgIpc) is 2.59. The second kappa shape index (κ2) is 8.65. The first-order valence-electron chi connectivity index (χ1n) is 7.22. The number of ether oxygens (including phenoxy) is 3. The Morgan fingerprint density at radius 3 is 2.28 bits per heavy atom. The molecule has 0 aliphatic rings. The number of amides is 1. The van der Waals surface area contributed by atoms with Crippen LogP contribution in [0.5, 0.6) is 17.2 Å². The van der Waals surface area contributed by atoms with Gasteiger partial charge < -0.3 is 19.5 Å². The van der Waals surface area contributed by atoms with Gasteiger partial charge in [0.2, 0.25) is 5.91 Å². The van der Waals surface area contributed by atoms with Gasteiger partial charge >= 0.3 is 0 Å². The van der Waals surface area contributed by atoms with Gasteiger partial charge in [-0.3, -0.25) is 4.79 Å². The van der Waals surface area contributed by atoms with Crippen molar-refractivity contribution in [2.45, 2.75) is 0 Å². The van der Waals surface area contributed by atoms with E-state index in [-0.39, 0.29) is 5.91 Å². The molecule has 2 aromatic carbocycles. The van der Waals surface area contributed by atoms with Crippen LogP contribution in [0.15, 0.2) is 36.4 Å². The summed E-state index contributed by atoms with van der Waals surface area (Å²) in [7, 11) is 4.55. The lowest BCUT2D eigenvalue weighted by Crippen LogP contribution is -2.07. The van der Waals surface area contributed by atoms with E-state index in [0.717, 1.165) is 0 Å². The van der Waals surface area contributed by atoms with E-state index in [2.05, 4.69) is 5.32 Å². The van der Waals surface area contributed by atoms with E-state index in [4.69, 9.17) is 37.4 Å². The minimum Gasteiger partial charge on any atom is -0.495 e. The molecule has 0 fully saturated rings. The Hall–Kier alpha value is -2.37. The van der Waals surface area contributed by atoms with Crippen LogP contribution in [-0.2, 0) is 4.79 Å². The highest BCUT2D eigenvalue weighted by atomic mass is 35.5. The molecule has 25 heavy (non-hydrogen) atoms. The topological polar surface area (TPSA) is 56.8 Å². The third kappa shape index (κ3) is 4.81. The first kappa shape index (κ1) is 19.0. The molecule has 0 aromatic heterocycles. The van der Waals surface area contributed by atoms with Crippen molar-refractivity contribution in [3.8, 4) is 17.2 Å². The number of benzene rings is 2. The molecule has 0 bridgehead atoms. The predicted molar refractivity (Wildman–Crippen MR) is 100 cm³/mol. The zero-order valence-electron chi connectivity index (χ0n) is 13.9. The molecule has 1 N–H and O–H groups in total. The molecule has 0 heterocycles. The quantitative estimate of drug-likeness (QED) is 0.738. The highest BCUT2D eigenvalue weighted by Crippen LogP contribution is 2.36. The number of carbonyl (C=O) groups excluding carboxylic acids is 1. The van der Waals surface area contributed by atoms with Gasteiger partial charge in [0.15, 0.2) is 11.5 Å². The van der Waals surface area contributed by atoms with Crippen molar-refractivity contribution >= 4 is 40.9 Å². The van der Waals surface area contributed by atoms with Crippen molar-refractivity contribution in [3.05, 3.63) is 52.0 Å². The normalized spacial score (nSPS) is 10.6. The first-order chi connectivity index (χ1) is 12.0. The van der Waals surface area contributed by atoms with Crippen molar-refractivity contribution in [1.29, 1.82) is 0 Å². The molecule has 5 nitrogen and oxygen atoms in total. The Morgan fingerprint density at radius 1 is 0.960 bits per heavy atom. The molecule has 1 amide bonds. The van der Waals surface area contributed by atoms with Crippen LogP contribution in [0.25, 0.3) is 6.08 Å². The third-order valence-corrected chi connectivity index (χ3v) is 3.88. The van der Waals surface area contributed by atoms with Crippen molar-refractivity contribution < 1.29 is 19.0 Å². The molecule has 0 aliphatic heterocycles. The minimum absolute atomic E-state index is 0.313. The van der Waals surface area contributed by atoms with Crippen LogP contribution in [0, 0.1) is 0 Å². The van der Waals surface area contributed by atoms with Crippen LogP contribution < -0.4 is 19.5 Å². The zero-order chi connectivity index (χ0) is 18.4. The third-order valence-electron chi connectivity index (χ3n) is 3.30. The summed E-state index contributed by atoms with van der Waals surface area (Å²) in [6.45, 7) is 0. The highest BCUT2D eigenvalue weighted by molar-refractivity contribution is 6.32. The largest absolute Gasteiger partial charge is 0.495 e. The van der Waals surface area contributed by atoms with Crippen molar-refractivity contribution in [3.63, 3.8) is 0 Å². The molecule has 0 unspecified atom stereocenters. The molecule has 2 rings (SSSR count). The number of rotatable bonds is 6. The highest BCUT2D eigenvalue weighted by Gasteiger charge is 2.10. The maximum Gasteiger partial charge on any atom is 0.248 e. The SMILES string of the molecule is COc1ccc(NC(=O)C=Cc2cc(Cl)c(OC)c(OC)c2)cc1Cl. The van der Waals surface area contributed by atoms with Crippen LogP contribution in [0.1, 0.15) is 5.56 Å². The second-order valence-electron chi connectivity index (χ2n) is 4.91. The van der Waals surface area contributed by atoms with E-state index in [0.29, 0.717) is 38.5 Å². The number of hydrogen-bond donors (Lipinski definition) is 1. The number of carbonyl (C=O) groups is 1. The number of nitrogens with one attached hydrogen (secondary N) is 1. The molecule has 7 heteroatoms. The molecule has 0 saturated heterocycles. The van der Waals surface area contributed by atoms with Gasteiger partial charge in [-0.05, 0) is 42.0 Å². The van der Waals surface area contributed by atoms with E-state index in [9.17, 15) is 4.79 Å². The summed E-state index contributed by atoms with van der Waals surface area (Å²) in [5, 5.41) is 3.52. The van der Waals surface area contributed by atoms with Crippen molar-refractivity contribution in [2.75, 3.05) is 26.6 Å². The van der Waals surface area contributed by atoms with Crippen molar-refractivity contribution in [2.24, 2.45) is 0 Å². The molecule has 0 aliphatic carbocycles. The van der Waals surface area contributed by atoms with Gasteiger partial charge in [-0.2, -0.15) is 0 Å². The lowest BCUT2D eigenvalue weighted by molar-refractivity contribution is -0.111. The average molecular weight is 382 g/mol. The number of hydrogen-bond acceptors (Lipinski definition) is 4. The van der Waals surface area contributed by atoms with Gasteiger partial charge in [0.25, 0.3) is 0 Å². The van der Waals surface area contributed by atoms with Gasteiger partial charge in [-0.15, -0.1) is 0 Å². The van der Waals surface area contributed by atoms with Crippen LogP contribution in [0.3, 0.4) is 0 Å². The van der Waals surface area contributed by atoms with E-state index >= 15 is 0 Å². The van der Waals surface area contributed by atoms with Crippen LogP contribution >= 0.6 is 23.2 Å². The maximum absolute atomic E-state index is 12.1. The first-order valence-corrected chi connectivity index (χ1v) is 7.98. The summed E-state index contributed by atoms with van der Waals surface area (Å²) in [6.07, 6.45) is 3.00. The van der Waals surface area contributed by atoms with E-state index in [1.165, 1.54) is 27.4 Å². The summed E-state index contributed by atoms with van der Waals surface area (Å²) in [4.78, 5) is 12.1. The van der Waals surface area contributed by atoms with Crippen LogP contribution in [-0.4, -0.2) is 27.2 Å². The maximum atomic E-state index is 12.1. The molecule has 0 spiro atoms. The predicted octanol–water partition coefficient (Wildman–Crippen LogP) is 4.67. The molecule has 0 saturated carbocycles. The van der Waals surface area contributed by atoms with E-state index in [1.54, 1.807) is 36.4 Å². The smallest absolute Gasteiger partial charge is 0.248 e. The summed E-state index contributed by atoms with van der Waals surface area (Å²) in [5.41, 5.74) is 1.26. The number of methoxy groups -OCH3 is 3. The number of anilines is 1. The summed E-state index contributed by atoms with van der Waals surface area (Å²) in [6, 6.07) is 8.38. The van der Waals surface area contributed by atoms with Gasteiger partial charge in [0.1, 0.15) is 5.75 Å². The van der Waals surface area contributed by atoms with Crippen LogP contribution in [0.4, 0.5) is 5.69 Å². The van der Waals surface area contributed by atoms with E-state index < -0.39 is 0 Å².